The van der Waals surface area contributed by atoms with Crippen LogP contribution in [-0.4, -0.2) is 42.6 Å². The maximum absolute atomic E-state index is 11.9. The molecule has 1 unspecified atom stereocenters. The van der Waals surface area contributed by atoms with Crippen LogP contribution >= 0.6 is 0 Å². The molecule has 0 saturated carbocycles. The number of nitrogens with zero attached hydrogens (tertiary/aromatic N) is 1. The molecule has 1 aliphatic heterocycles. The van der Waals surface area contributed by atoms with Gasteiger partial charge in [0, 0.05) is 6.54 Å². The highest BCUT2D eigenvalue weighted by atomic mass is 16.3. The highest BCUT2D eigenvalue weighted by molar-refractivity contribution is 5.76. The van der Waals surface area contributed by atoms with E-state index in [-0.39, 0.29) is 12.3 Å². The molecule has 1 aromatic carbocycles. The fourth-order valence-electron chi connectivity index (χ4n) is 2.57. The van der Waals surface area contributed by atoms with Crippen LogP contribution in [0, 0.1) is 5.92 Å². The Morgan fingerprint density at radius 2 is 2.00 bits per heavy atom. The third-order valence-corrected chi connectivity index (χ3v) is 3.99. The lowest BCUT2D eigenvalue weighted by atomic mass is 9.97. The molecule has 2 rings (SSSR count). The van der Waals surface area contributed by atoms with Gasteiger partial charge in [-0.15, -0.1) is 0 Å². The van der Waals surface area contributed by atoms with E-state index >= 15 is 0 Å². The summed E-state index contributed by atoms with van der Waals surface area (Å²) in [4.78, 5) is 14.2. The topological polar surface area (TPSA) is 52.6 Å². The second-order valence-corrected chi connectivity index (χ2v) is 5.68. The van der Waals surface area contributed by atoms with Crippen LogP contribution in [0.25, 0.3) is 0 Å². The molecule has 1 fully saturated rings. The van der Waals surface area contributed by atoms with Gasteiger partial charge >= 0.3 is 0 Å². The minimum atomic E-state index is -0.714. The van der Waals surface area contributed by atoms with Crippen molar-refractivity contribution < 1.29 is 9.90 Å². The minimum Gasteiger partial charge on any atom is -0.388 e. The Morgan fingerprint density at radius 1 is 1.35 bits per heavy atom. The maximum atomic E-state index is 11.9. The van der Waals surface area contributed by atoms with Gasteiger partial charge in [0.25, 0.3) is 0 Å². The fraction of sp³-hybridized carbons (Fsp3) is 0.562. The second kappa shape index (κ2) is 7.41. The first kappa shape index (κ1) is 15.0. The van der Waals surface area contributed by atoms with Gasteiger partial charge in [0.2, 0.25) is 5.91 Å². The van der Waals surface area contributed by atoms with Crippen LogP contribution in [-0.2, 0) is 4.79 Å². The van der Waals surface area contributed by atoms with E-state index in [9.17, 15) is 9.90 Å². The fourth-order valence-corrected chi connectivity index (χ4v) is 2.57. The van der Waals surface area contributed by atoms with E-state index in [0.29, 0.717) is 5.92 Å². The predicted octanol–water partition coefficient (Wildman–Crippen LogP) is 1.57. The number of aliphatic hydroxyl groups is 1. The number of carbonyl (C=O) groups is 1. The summed E-state index contributed by atoms with van der Waals surface area (Å²) >= 11 is 0. The van der Waals surface area contributed by atoms with Gasteiger partial charge in [-0.25, -0.2) is 0 Å². The van der Waals surface area contributed by atoms with Crippen molar-refractivity contribution in [1.82, 2.24) is 10.2 Å². The van der Waals surface area contributed by atoms with Gasteiger partial charge in [-0.3, -0.25) is 4.79 Å². The number of benzene rings is 1. The largest absolute Gasteiger partial charge is 0.388 e. The average Bonchev–Trinajstić information content (AvgIpc) is 2.47. The molecule has 0 aliphatic carbocycles. The zero-order valence-corrected chi connectivity index (χ0v) is 12.1. The summed E-state index contributed by atoms with van der Waals surface area (Å²) in [6.45, 7) is 2.94. The van der Waals surface area contributed by atoms with E-state index in [2.05, 4.69) is 17.3 Å². The molecule has 2 N–H and O–H groups in total. The van der Waals surface area contributed by atoms with Crippen molar-refractivity contribution in [2.45, 2.75) is 25.4 Å². The van der Waals surface area contributed by atoms with Gasteiger partial charge in [-0.05, 0) is 44.5 Å². The SMILES string of the molecule is CN1CCC(CNC(=O)CC(O)c2ccccc2)CC1. The number of hydrogen-bond acceptors (Lipinski definition) is 3. The molecule has 0 aromatic heterocycles. The molecule has 20 heavy (non-hydrogen) atoms. The van der Waals surface area contributed by atoms with Gasteiger partial charge in [0.05, 0.1) is 12.5 Å². The third kappa shape index (κ3) is 4.62. The Bertz CT molecular complexity index is 414. The Morgan fingerprint density at radius 3 is 2.65 bits per heavy atom. The van der Waals surface area contributed by atoms with E-state index in [0.717, 1.165) is 38.0 Å². The molecular formula is C16H24N2O2. The van der Waals surface area contributed by atoms with Crippen molar-refractivity contribution in [1.29, 1.82) is 0 Å². The molecule has 1 aromatic rings. The van der Waals surface area contributed by atoms with E-state index in [1.807, 2.05) is 30.3 Å². The van der Waals surface area contributed by atoms with Crippen LogP contribution in [0.1, 0.15) is 30.9 Å². The first-order valence-electron chi connectivity index (χ1n) is 7.33. The van der Waals surface area contributed by atoms with Crippen LogP contribution in [0.3, 0.4) is 0 Å². The molecule has 0 bridgehead atoms. The third-order valence-electron chi connectivity index (χ3n) is 3.99. The Balaban J connectivity index is 1.70. The molecule has 0 radical (unpaired) electrons. The van der Waals surface area contributed by atoms with Crippen molar-refractivity contribution in [3.63, 3.8) is 0 Å². The van der Waals surface area contributed by atoms with Crippen molar-refractivity contribution >= 4 is 5.91 Å². The van der Waals surface area contributed by atoms with E-state index in [1.165, 1.54) is 0 Å². The lowest BCUT2D eigenvalue weighted by Gasteiger charge is -2.29. The van der Waals surface area contributed by atoms with Crippen molar-refractivity contribution in [2.24, 2.45) is 5.92 Å². The minimum absolute atomic E-state index is 0.0692. The number of hydrogen-bond donors (Lipinski definition) is 2. The lowest BCUT2D eigenvalue weighted by Crippen LogP contribution is -2.37. The maximum Gasteiger partial charge on any atom is 0.222 e. The number of nitrogens with one attached hydrogen (secondary N) is 1. The molecular weight excluding hydrogens is 252 g/mol. The number of piperidine rings is 1. The predicted molar refractivity (Wildman–Crippen MR) is 79.2 cm³/mol. The van der Waals surface area contributed by atoms with E-state index < -0.39 is 6.10 Å². The van der Waals surface area contributed by atoms with E-state index in [1.54, 1.807) is 0 Å². The second-order valence-electron chi connectivity index (χ2n) is 5.68. The van der Waals surface area contributed by atoms with Crippen LogP contribution in [0.4, 0.5) is 0 Å². The molecule has 4 nitrogen and oxygen atoms in total. The zero-order valence-electron chi connectivity index (χ0n) is 12.1. The Labute approximate surface area is 120 Å². The number of amides is 1. The summed E-state index contributed by atoms with van der Waals surface area (Å²) < 4.78 is 0. The highest BCUT2D eigenvalue weighted by Gasteiger charge is 2.18. The standard InChI is InChI=1S/C16H24N2O2/c1-18-9-7-13(8-10-18)12-17-16(20)11-15(19)14-5-3-2-4-6-14/h2-6,13,15,19H,7-12H2,1H3,(H,17,20). The lowest BCUT2D eigenvalue weighted by molar-refractivity contribution is -0.123. The Kier molecular flexibility index (Phi) is 5.56. The molecule has 1 amide bonds. The van der Waals surface area contributed by atoms with Crippen LogP contribution in [0.2, 0.25) is 0 Å². The molecule has 1 heterocycles. The van der Waals surface area contributed by atoms with Crippen molar-refractivity contribution in [3.05, 3.63) is 35.9 Å². The zero-order chi connectivity index (χ0) is 14.4. The number of aliphatic hydroxyl groups excluding tert-OH is 1. The van der Waals surface area contributed by atoms with Gasteiger partial charge in [0.15, 0.2) is 0 Å². The summed E-state index contributed by atoms with van der Waals surface area (Å²) in [6.07, 6.45) is 1.70. The van der Waals surface area contributed by atoms with Crippen LogP contribution in [0.15, 0.2) is 30.3 Å². The normalized spacial score (nSPS) is 18.7. The molecule has 0 spiro atoms. The summed E-state index contributed by atoms with van der Waals surface area (Å²) in [5.41, 5.74) is 0.793. The first-order chi connectivity index (χ1) is 9.65. The molecule has 110 valence electrons. The number of likely N-dealkylation sites (tertiary alicyclic amines) is 1. The highest BCUT2D eigenvalue weighted by Crippen LogP contribution is 2.17. The van der Waals surface area contributed by atoms with Gasteiger partial charge in [0.1, 0.15) is 0 Å². The summed E-state index contributed by atoms with van der Waals surface area (Å²) in [6, 6.07) is 9.32. The monoisotopic (exact) mass is 276 g/mol. The van der Waals surface area contributed by atoms with Gasteiger partial charge in [-0.1, -0.05) is 30.3 Å². The molecule has 4 heteroatoms. The van der Waals surface area contributed by atoms with Crippen molar-refractivity contribution in [3.8, 4) is 0 Å². The molecule has 1 aliphatic rings. The van der Waals surface area contributed by atoms with Crippen LogP contribution in [0.5, 0.6) is 0 Å². The molecule has 1 atom stereocenters. The van der Waals surface area contributed by atoms with Crippen molar-refractivity contribution in [2.75, 3.05) is 26.7 Å². The quantitative estimate of drug-likeness (QED) is 0.858. The summed E-state index contributed by atoms with van der Waals surface area (Å²) in [5, 5.41) is 12.9. The Hall–Kier alpha value is -1.39. The van der Waals surface area contributed by atoms with Gasteiger partial charge < -0.3 is 15.3 Å². The number of carbonyl (C=O) groups excluding carboxylic acids is 1. The van der Waals surface area contributed by atoms with Gasteiger partial charge in [-0.2, -0.15) is 0 Å². The summed E-state index contributed by atoms with van der Waals surface area (Å²) in [7, 11) is 2.13. The first-order valence-corrected chi connectivity index (χ1v) is 7.33. The summed E-state index contributed by atoms with van der Waals surface area (Å²) in [5.74, 6) is 0.504. The average molecular weight is 276 g/mol. The molecule has 1 saturated heterocycles. The van der Waals surface area contributed by atoms with E-state index in [4.69, 9.17) is 0 Å². The smallest absolute Gasteiger partial charge is 0.222 e. The van der Waals surface area contributed by atoms with Crippen LogP contribution < -0.4 is 5.32 Å². The number of rotatable bonds is 5.